The Morgan fingerprint density at radius 3 is 2.72 bits per heavy atom. The Kier molecular flexibility index (Phi) is 3.99. The highest BCUT2D eigenvalue weighted by Crippen LogP contribution is 2.31. The van der Waals surface area contributed by atoms with Crippen LogP contribution < -0.4 is 10.5 Å². The third-order valence-corrected chi connectivity index (χ3v) is 3.14. The number of nitrogens with two attached hydrogens (primary N) is 1. The van der Waals surface area contributed by atoms with E-state index in [0.717, 1.165) is 10.0 Å². The maximum atomic E-state index is 13.6. The summed E-state index contributed by atoms with van der Waals surface area (Å²) in [5.41, 5.74) is 6.91. The minimum absolute atomic E-state index is 0.106. The molecule has 4 heteroatoms. The molecule has 2 N–H and O–H groups in total. The zero-order chi connectivity index (χ0) is 13.1. The molecule has 0 bridgehead atoms. The highest BCUT2D eigenvalue weighted by Gasteiger charge is 2.10. The first-order valence-electron chi connectivity index (χ1n) is 5.53. The van der Waals surface area contributed by atoms with Crippen LogP contribution >= 0.6 is 15.9 Å². The lowest BCUT2D eigenvalue weighted by atomic mass is 10.2. The molecule has 0 spiro atoms. The number of benzene rings is 2. The zero-order valence-electron chi connectivity index (χ0n) is 9.91. The average molecular weight is 310 g/mol. The van der Waals surface area contributed by atoms with Gasteiger partial charge in [0.15, 0.2) is 0 Å². The number of rotatable bonds is 3. The molecule has 0 aliphatic heterocycles. The standard InChI is InChI=1S/C14H13BrFNO/c1-9-5-6-10(15)7-14(9)18-13-4-2-3-12(16)11(13)8-17/h2-7H,8,17H2,1H3. The molecule has 0 fully saturated rings. The highest BCUT2D eigenvalue weighted by molar-refractivity contribution is 9.10. The van der Waals surface area contributed by atoms with Crippen LogP contribution in [0.15, 0.2) is 40.9 Å². The summed E-state index contributed by atoms with van der Waals surface area (Å²) in [5.74, 6) is 0.797. The van der Waals surface area contributed by atoms with Crippen LogP contribution in [-0.2, 0) is 6.54 Å². The molecule has 2 aromatic carbocycles. The average Bonchev–Trinajstić information content (AvgIpc) is 2.34. The largest absolute Gasteiger partial charge is 0.457 e. The Bertz CT molecular complexity index is 572. The fraction of sp³-hybridized carbons (Fsp3) is 0.143. The van der Waals surface area contributed by atoms with E-state index in [-0.39, 0.29) is 12.4 Å². The number of ether oxygens (including phenoxy) is 1. The first kappa shape index (κ1) is 13.1. The molecule has 94 valence electrons. The summed E-state index contributed by atoms with van der Waals surface area (Å²) in [7, 11) is 0. The molecule has 2 aromatic rings. The van der Waals surface area contributed by atoms with Crippen LogP contribution in [0.2, 0.25) is 0 Å². The van der Waals surface area contributed by atoms with Crippen molar-refractivity contribution in [3.05, 3.63) is 57.8 Å². The molecule has 0 radical (unpaired) electrons. The maximum Gasteiger partial charge on any atom is 0.134 e. The molecule has 0 amide bonds. The molecule has 0 aliphatic carbocycles. The summed E-state index contributed by atoms with van der Waals surface area (Å²) < 4.78 is 20.2. The Morgan fingerprint density at radius 1 is 1.22 bits per heavy atom. The maximum absolute atomic E-state index is 13.6. The molecule has 0 saturated heterocycles. The van der Waals surface area contributed by atoms with E-state index >= 15 is 0 Å². The predicted molar refractivity (Wildman–Crippen MR) is 73.2 cm³/mol. The molecular formula is C14H13BrFNO. The third-order valence-electron chi connectivity index (χ3n) is 2.65. The van der Waals surface area contributed by atoms with Crippen molar-refractivity contribution >= 4 is 15.9 Å². The second-order valence-electron chi connectivity index (χ2n) is 3.93. The van der Waals surface area contributed by atoms with Gasteiger partial charge in [0.1, 0.15) is 17.3 Å². The minimum Gasteiger partial charge on any atom is -0.457 e. The van der Waals surface area contributed by atoms with E-state index in [4.69, 9.17) is 10.5 Å². The number of aryl methyl sites for hydroxylation is 1. The lowest BCUT2D eigenvalue weighted by molar-refractivity contribution is 0.464. The van der Waals surface area contributed by atoms with Crippen molar-refractivity contribution in [3.8, 4) is 11.5 Å². The molecule has 0 aliphatic rings. The van der Waals surface area contributed by atoms with E-state index in [0.29, 0.717) is 17.1 Å². The zero-order valence-corrected chi connectivity index (χ0v) is 11.5. The van der Waals surface area contributed by atoms with Gasteiger partial charge in [0.25, 0.3) is 0 Å². The molecule has 0 aromatic heterocycles. The van der Waals surface area contributed by atoms with Crippen LogP contribution in [0.25, 0.3) is 0 Å². The van der Waals surface area contributed by atoms with Gasteiger partial charge in [-0.25, -0.2) is 4.39 Å². The Morgan fingerprint density at radius 2 is 2.00 bits per heavy atom. The Balaban J connectivity index is 2.40. The Labute approximate surface area is 114 Å². The SMILES string of the molecule is Cc1ccc(Br)cc1Oc1cccc(F)c1CN. The Hall–Kier alpha value is -1.39. The van der Waals surface area contributed by atoms with Crippen LogP contribution in [0.3, 0.4) is 0 Å². The monoisotopic (exact) mass is 309 g/mol. The van der Waals surface area contributed by atoms with Gasteiger partial charge in [-0.05, 0) is 36.8 Å². The van der Waals surface area contributed by atoms with Crippen LogP contribution in [0.5, 0.6) is 11.5 Å². The van der Waals surface area contributed by atoms with Crippen LogP contribution in [0.4, 0.5) is 4.39 Å². The molecule has 0 atom stereocenters. The van der Waals surface area contributed by atoms with Crippen molar-refractivity contribution in [1.29, 1.82) is 0 Å². The van der Waals surface area contributed by atoms with Crippen LogP contribution in [0.1, 0.15) is 11.1 Å². The van der Waals surface area contributed by atoms with Crippen molar-refractivity contribution in [3.63, 3.8) is 0 Å². The van der Waals surface area contributed by atoms with Crippen molar-refractivity contribution in [2.45, 2.75) is 13.5 Å². The summed E-state index contributed by atoms with van der Waals surface area (Å²) in [5, 5.41) is 0. The normalized spacial score (nSPS) is 10.4. The molecule has 2 nitrogen and oxygen atoms in total. The number of halogens is 2. The minimum atomic E-state index is -0.345. The molecule has 0 heterocycles. The highest BCUT2D eigenvalue weighted by atomic mass is 79.9. The van der Waals surface area contributed by atoms with E-state index in [1.165, 1.54) is 6.07 Å². The van der Waals surface area contributed by atoms with E-state index < -0.39 is 0 Å². The molecule has 18 heavy (non-hydrogen) atoms. The molecule has 0 saturated carbocycles. The first-order chi connectivity index (χ1) is 8.61. The van der Waals surface area contributed by atoms with Gasteiger partial charge in [0, 0.05) is 16.6 Å². The summed E-state index contributed by atoms with van der Waals surface area (Å²) in [6.45, 7) is 2.04. The van der Waals surface area contributed by atoms with Gasteiger partial charge in [-0.2, -0.15) is 0 Å². The van der Waals surface area contributed by atoms with Gasteiger partial charge in [-0.15, -0.1) is 0 Å². The first-order valence-corrected chi connectivity index (χ1v) is 6.32. The lowest BCUT2D eigenvalue weighted by Gasteiger charge is -2.12. The van der Waals surface area contributed by atoms with Crippen LogP contribution in [0, 0.1) is 12.7 Å². The quantitative estimate of drug-likeness (QED) is 0.924. The van der Waals surface area contributed by atoms with E-state index in [1.54, 1.807) is 12.1 Å². The lowest BCUT2D eigenvalue weighted by Crippen LogP contribution is -2.02. The summed E-state index contributed by atoms with van der Waals surface area (Å²) in [6, 6.07) is 10.4. The third kappa shape index (κ3) is 2.71. The van der Waals surface area contributed by atoms with Crippen molar-refractivity contribution in [1.82, 2.24) is 0 Å². The molecule has 2 rings (SSSR count). The smallest absolute Gasteiger partial charge is 0.134 e. The van der Waals surface area contributed by atoms with Gasteiger partial charge in [-0.1, -0.05) is 28.1 Å². The van der Waals surface area contributed by atoms with E-state index in [2.05, 4.69) is 15.9 Å². The molecular weight excluding hydrogens is 297 g/mol. The topological polar surface area (TPSA) is 35.2 Å². The van der Waals surface area contributed by atoms with Crippen LogP contribution in [-0.4, -0.2) is 0 Å². The second-order valence-corrected chi connectivity index (χ2v) is 4.85. The van der Waals surface area contributed by atoms with Crippen molar-refractivity contribution in [2.24, 2.45) is 5.73 Å². The molecule has 0 unspecified atom stereocenters. The van der Waals surface area contributed by atoms with Gasteiger partial charge in [0.05, 0.1) is 0 Å². The summed E-state index contributed by atoms with van der Waals surface area (Å²) in [6.07, 6.45) is 0. The predicted octanol–water partition coefficient (Wildman–Crippen LogP) is 4.15. The number of hydrogen-bond acceptors (Lipinski definition) is 2. The fourth-order valence-electron chi connectivity index (χ4n) is 1.63. The second kappa shape index (κ2) is 5.50. The van der Waals surface area contributed by atoms with E-state index in [1.807, 2.05) is 25.1 Å². The van der Waals surface area contributed by atoms with Gasteiger partial charge < -0.3 is 10.5 Å². The van der Waals surface area contributed by atoms with E-state index in [9.17, 15) is 4.39 Å². The summed E-state index contributed by atoms with van der Waals surface area (Å²) >= 11 is 3.38. The van der Waals surface area contributed by atoms with Gasteiger partial charge in [-0.3, -0.25) is 0 Å². The van der Waals surface area contributed by atoms with Crippen molar-refractivity contribution < 1.29 is 9.13 Å². The van der Waals surface area contributed by atoms with Gasteiger partial charge in [0.2, 0.25) is 0 Å². The van der Waals surface area contributed by atoms with Gasteiger partial charge >= 0.3 is 0 Å². The summed E-state index contributed by atoms with van der Waals surface area (Å²) in [4.78, 5) is 0. The number of hydrogen-bond donors (Lipinski definition) is 1. The van der Waals surface area contributed by atoms with Crippen molar-refractivity contribution in [2.75, 3.05) is 0 Å². The fourth-order valence-corrected chi connectivity index (χ4v) is 1.98.